The number of thiazole rings is 2. The molecule has 0 saturated carbocycles. The zero-order chi connectivity index (χ0) is 32.8. The van der Waals surface area contributed by atoms with Gasteiger partial charge in [-0.2, -0.15) is 0 Å². The number of hydrogen-bond acceptors (Lipinski definition) is 6. The molecule has 0 N–H and O–H groups in total. The van der Waals surface area contributed by atoms with Crippen LogP contribution in [0, 0.1) is 48.4 Å². The van der Waals surface area contributed by atoms with E-state index in [1.165, 1.54) is 70.9 Å². The molecular weight excluding hydrogens is 637 g/mol. The topological polar surface area (TPSA) is 25.8 Å². The highest BCUT2D eigenvalue weighted by molar-refractivity contribution is 7.27. The number of rotatable bonds is 16. The third kappa shape index (κ3) is 8.51. The highest BCUT2D eigenvalue weighted by Gasteiger charge is 2.22. The molecule has 5 aromatic rings. The van der Waals surface area contributed by atoms with Gasteiger partial charge in [0.05, 0.1) is 30.3 Å². The molecule has 0 fully saturated rings. The second-order valence-corrected chi connectivity index (χ2v) is 18.2. The van der Waals surface area contributed by atoms with Gasteiger partial charge in [-0.25, -0.2) is 9.97 Å². The maximum atomic E-state index is 6.16. The van der Waals surface area contributed by atoms with Gasteiger partial charge in [0, 0.05) is 9.75 Å². The van der Waals surface area contributed by atoms with Crippen molar-refractivity contribution in [2.75, 3.05) is 0 Å². The molecule has 0 amide bonds. The van der Waals surface area contributed by atoms with E-state index in [9.17, 15) is 0 Å². The van der Waals surface area contributed by atoms with E-state index in [2.05, 4.69) is 77.6 Å². The van der Waals surface area contributed by atoms with Crippen LogP contribution in [0.5, 0.6) is 0 Å². The van der Waals surface area contributed by atoms with Crippen molar-refractivity contribution in [2.45, 2.75) is 106 Å². The van der Waals surface area contributed by atoms with Gasteiger partial charge in [0.15, 0.2) is 0 Å². The lowest BCUT2D eigenvalue weighted by Gasteiger charge is -2.11. The smallest absolute Gasteiger partial charge is 0.134 e. The van der Waals surface area contributed by atoms with Crippen molar-refractivity contribution in [1.29, 1.82) is 0 Å². The van der Waals surface area contributed by atoms with Gasteiger partial charge in [0.1, 0.15) is 21.0 Å². The van der Waals surface area contributed by atoms with Crippen molar-refractivity contribution in [3.8, 4) is 44.5 Å². The fourth-order valence-corrected chi connectivity index (χ4v) is 10.4. The molecule has 242 valence electrons. The summed E-state index contributed by atoms with van der Waals surface area (Å²) in [5.41, 5.74) is 3.30. The zero-order valence-electron chi connectivity index (χ0n) is 28.4. The molecule has 0 radical (unpaired) electrons. The van der Waals surface area contributed by atoms with E-state index in [1.54, 1.807) is 22.7 Å². The molecule has 5 rings (SSSR count). The first-order chi connectivity index (χ1) is 22.2. The van der Waals surface area contributed by atoms with E-state index in [-0.39, 0.29) is 0 Å². The third-order valence-corrected chi connectivity index (χ3v) is 13.7. The van der Waals surface area contributed by atoms with Gasteiger partial charge < -0.3 is 0 Å². The number of hydrogen-bond donors (Lipinski definition) is 0. The Kier molecular flexibility index (Phi) is 12.2. The van der Waals surface area contributed by atoms with Crippen molar-refractivity contribution in [1.82, 2.24) is 9.97 Å². The number of thiophene rings is 2. The van der Waals surface area contributed by atoms with Crippen LogP contribution in [0.15, 0.2) is 24.3 Å². The fraction of sp³-hybridized carbons (Fsp3) is 0.500. The molecule has 1 aromatic carbocycles. The van der Waals surface area contributed by atoms with Crippen molar-refractivity contribution in [3.05, 3.63) is 45.1 Å². The summed E-state index contributed by atoms with van der Waals surface area (Å²) in [6.45, 7) is 14.0. The molecule has 6 heteroatoms. The van der Waals surface area contributed by atoms with E-state index in [0.717, 1.165) is 78.1 Å². The molecule has 46 heavy (non-hydrogen) atoms. The molecule has 0 bridgehead atoms. The molecule has 0 aliphatic heterocycles. The number of fused-ring (bicyclic) bond motifs is 2. The van der Waals surface area contributed by atoms with Crippen LogP contribution in [0.3, 0.4) is 0 Å². The van der Waals surface area contributed by atoms with Crippen LogP contribution in [0.25, 0.3) is 40.2 Å². The lowest BCUT2D eigenvalue weighted by atomic mass is 9.96. The summed E-state index contributed by atoms with van der Waals surface area (Å²) in [5.74, 6) is 9.03. The van der Waals surface area contributed by atoms with Crippen LogP contribution in [-0.2, 0) is 12.8 Å². The summed E-state index contributed by atoms with van der Waals surface area (Å²) in [4.78, 5) is 15.4. The third-order valence-electron chi connectivity index (χ3n) is 8.94. The van der Waals surface area contributed by atoms with Crippen molar-refractivity contribution in [3.63, 3.8) is 0 Å². The molecule has 4 heterocycles. The maximum Gasteiger partial charge on any atom is 0.134 e. The molecule has 2 atom stereocenters. The maximum absolute atomic E-state index is 6.16. The van der Waals surface area contributed by atoms with Crippen molar-refractivity contribution in [2.24, 2.45) is 23.7 Å². The highest BCUT2D eigenvalue weighted by Crippen LogP contribution is 2.44. The second-order valence-electron chi connectivity index (χ2n) is 13.9. The van der Waals surface area contributed by atoms with Gasteiger partial charge in [-0.1, -0.05) is 91.9 Å². The molecule has 2 nitrogen and oxygen atoms in total. The van der Waals surface area contributed by atoms with Crippen LogP contribution in [0.1, 0.15) is 114 Å². The van der Waals surface area contributed by atoms with Crippen LogP contribution in [0.2, 0.25) is 0 Å². The summed E-state index contributed by atoms with van der Waals surface area (Å²) < 4.78 is 1.95. The molecule has 0 aliphatic carbocycles. The highest BCUT2D eigenvalue weighted by atomic mass is 32.1. The summed E-state index contributed by atoms with van der Waals surface area (Å²) in [7, 11) is 0. The molecule has 4 aromatic heterocycles. The van der Waals surface area contributed by atoms with Gasteiger partial charge in [-0.15, -0.1) is 58.2 Å². The molecule has 2 unspecified atom stereocenters. The van der Waals surface area contributed by atoms with E-state index >= 15 is 0 Å². The fourth-order valence-electron chi connectivity index (χ4n) is 6.08. The van der Waals surface area contributed by atoms with E-state index < -0.39 is 0 Å². The van der Waals surface area contributed by atoms with Crippen LogP contribution < -0.4 is 0 Å². The van der Waals surface area contributed by atoms with Crippen LogP contribution in [-0.4, -0.2) is 9.97 Å². The number of terminal acetylenes is 2. The average molecular weight is 685 g/mol. The number of aromatic nitrogens is 2. The lowest BCUT2D eigenvalue weighted by molar-refractivity contribution is 0.437. The van der Waals surface area contributed by atoms with Gasteiger partial charge in [-0.05, 0) is 73.6 Å². The second kappa shape index (κ2) is 16.1. The van der Waals surface area contributed by atoms with Crippen LogP contribution >= 0.6 is 45.3 Å². The Labute approximate surface area is 293 Å². The molecule has 0 aliphatic rings. The van der Waals surface area contributed by atoms with Gasteiger partial charge in [-0.3, -0.25) is 0 Å². The predicted octanol–water partition coefficient (Wildman–Crippen LogP) is 13.1. The Bertz CT molecular complexity index is 1640. The standard InChI is InChI=1S/C40H48N2S4/c1-9-31-35-38(46-39(41-35)33-23-21-29(43-33)19-17-27(7)15-11-13-25(3)4)32(10-2)36-37(31)45-40(42-36)34-24-22-30(44-34)20-18-28(8)16-12-14-26(5)6/h1-2,21-28H,11-20H2,3-8H3. The summed E-state index contributed by atoms with van der Waals surface area (Å²) in [5, 5.41) is 1.98. The molecule has 0 saturated heterocycles. The SMILES string of the molecule is C#Cc1c2nc(-c3ccc(CCC(C)CCCC(C)C)s3)sc2c(C#C)c2nc(-c3ccc(CCC(C)CCCC(C)C)s3)sc12. The predicted molar refractivity (Wildman–Crippen MR) is 208 cm³/mol. The Morgan fingerprint density at radius 2 is 0.978 bits per heavy atom. The summed E-state index contributed by atoms with van der Waals surface area (Å²) in [6, 6.07) is 8.97. The van der Waals surface area contributed by atoms with E-state index in [4.69, 9.17) is 22.8 Å². The first kappa shape index (κ1) is 34.8. The van der Waals surface area contributed by atoms with Crippen molar-refractivity contribution >= 4 is 65.8 Å². The first-order valence-electron chi connectivity index (χ1n) is 17.0. The Balaban J connectivity index is 1.33. The van der Waals surface area contributed by atoms with Gasteiger partial charge in [0.2, 0.25) is 0 Å². The quantitative estimate of drug-likeness (QED) is 0.0967. The Hall–Kier alpha value is -2.48. The number of benzene rings is 1. The Morgan fingerprint density at radius 1 is 0.565 bits per heavy atom. The van der Waals surface area contributed by atoms with E-state index in [0.29, 0.717) is 0 Å². The average Bonchev–Trinajstić information content (AvgIpc) is 3.83. The van der Waals surface area contributed by atoms with Gasteiger partial charge >= 0.3 is 0 Å². The minimum absolute atomic E-state index is 0.752. The minimum atomic E-state index is 0.752. The Morgan fingerprint density at radius 3 is 1.35 bits per heavy atom. The normalized spacial score (nSPS) is 13.2. The molecule has 0 spiro atoms. The van der Waals surface area contributed by atoms with Crippen molar-refractivity contribution < 1.29 is 0 Å². The zero-order valence-corrected chi connectivity index (χ0v) is 31.6. The first-order valence-corrected chi connectivity index (χ1v) is 20.3. The van der Waals surface area contributed by atoms with E-state index in [1.807, 2.05) is 22.7 Å². The minimum Gasteiger partial charge on any atom is -0.234 e. The summed E-state index contributed by atoms with van der Waals surface area (Å²) >= 11 is 7.00. The molecular formula is C40H48N2S4. The van der Waals surface area contributed by atoms with Gasteiger partial charge in [0.25, 0.3) is 0 Å². The van der Waals surface area contributed by atoms with Crippen LogP contribution in [0.4, 0.5) is 0 Å². The number of aryl methyl sites for hydroxylation is 2. The monoisotopic (exact) mass is 684 g/mol. The largest absolute Gasteiger partial charge is 0.234 e. The number of nitrogens with zero attached hydrogens (tertiary/aromatic N) is 2. The lowest BCUT2D eigenvalue weighted by Crippen LogP contribution is -1.98. The summed E-state index contributed by atoms with van der Waals surface area (Å²) in [6.07, 6.45) is 25.0.